The molecule has 19 heavy (non-hydrogen) atoms. The fourth-order valence-electron chi connectivity index (χ4n) is 2.16. The van der Waals surface area contributed by atoms with Crippen molar-refractivity contribution in [1.82, 2.24) is 0 Å². The third-order valence-corrected chi connectivity index (χ3v) is 2.98. The standard InChI is InChI=1S/C14H8O5/c15-10-6-2-4-8-7-3-1-5-9(13(16)17)11(7)14(18)19-12(8)10/h1-6,15H,(H,16,17). The van der Waals surface area contributed by atoms with Gasteiger partial charge in [-0.1, -0.05) is 24.3 Å². The van der Waals surface area contributed by atoms with Crippen LogP contribution in [-0.2, 0) is 0 Å². The normalized spacial score (nSPS) is 10.9. The van der Waals surface area contributed by atoms with Gasteiger partial charge < -0.3 is 14.6 Å². The van der Waals surface area contributed by atoms with Crippen LogP contribution in [0.4, 0.5) is 0 Å². The molecule has 0 aliphatic heterocycles. The van der Waals surface area contributed by atoms with E-state index in [0.29, 0.717) is 10.8 Å². The molecule has 0 amide bonds. The Morgan fingerprint density at radius 1 is 1.05 bits per heavy atom. The number of benzene rings is 2. The summed E-state index contributed by atoms with van der Waals surface area (Å²) >= 11 is 0. The van der Waals surface area contributed by atoms with E-state index in [0.717, 1.165) is 0 Å². The minimum Gasteiger partial charge on any atom is -0.504 e. The first-order chi connectivity index (χ1) is 9.09. The highest BCUT2D eigenvalue weighted by molar-refractivity contribution is 6.12. The lowest BCUT2D eigenvalue weighted by atomic mass is 10.0. The van der Waals surface area contributed by atoms with Gasteiger partial charge in [-0.25, -0.2) is 9.59 Å². The highest BCUT2D eigenvalue weighted by Crippen LogP contribution is 2.29. The van der Waals surface area contributed by atoms with Crippen LogP contribution in [0.3, 0.4) is 0 Å². The van der Waals surface area contributed by atoms with Crippen LogP contribution in [-0.4, -0.2) is 16.2 Å². The molecular weight excluding hydrogens is 248 g/mol. The van der Waals surface area contributed by atoms with E-state index < -0.39 is 11.6 Å². The Hall–Kier alpha value is -2.82. The van der Waals surface area contributed by atoms with Crippen LogP contribution in [0.5, 0.6) is 5.75 Å². The zero-order valence-corrected chi connectivity index (χ0v) is 9.58. The van der Waals surface area contributed by atoms with Crippen LogP contribution >= 0.6 is 0 Å². The molecule has 0 aliphatic rings. The van der Waals surface area contributed by atoms with Crippen molar-refractivity contribution in [3.05, 3.63) is 52.4 Å². The van der Waals surface area contributed by atoms with Gasteiger partial charge in [0.1, 0.15) is 0 Å². The summed E-state index contributed by atoms with van der Waals surface area (Å²) in [5.41, 5.74) is -0.832. The number of aromatic hydroxyl groups is 1. The van der Waals surface area contributed by atoms with Crippen LogP contribution in [0.25, 0.3) is 21.7 Å². The van der Waals surface area contributed by atoms with Gasteiger partial charge in [-0.2, -0.15) is 0 Å². The van der Waals surface area contributed by atoms with Crippen LogP contribution in [0, 0.1) is 0 Å². The van der Waals surface area contributed by atoms with Crippen molar-refractivity contribution in [2.75, 3.05) is 0 Å². The van der Waals surface area contributed by atoms with E-state index in [1.54, 1.807) is 24.3 Å². The van der Waals surface area contributed by atoms with E-state index in [1.165, 1.54) is 12.1 Å². The van der Waals surface area contributed by atoms with Crippen LogP contribution in [0.1, 0.15) is 10.4 Å². The van der Waals surface area contributed by atoms with Crippen molar-refractivity contribution in [3.8, 4) is 5.75 Å². The lowest BCUT2D eigenvalue weighted by Crippen LogP contribution is -2.07. The zero-order valence-electron chi connectivity index (χ0n) is 9.58. The third kappa shape index (κ3) is 1.55. The number of carboxylic acid groups (broad SMARTS) is 1. The molecule has 0 saturated carbocycles. The maximum absolute atomic E-state index is 11.9. The number of fused-ring (bicyclic) bond motifs is 3. The quantitative estimate of drug-likeness (QED) is 0.515. The predicted octanol–water partition coefficient (Wildman–Crippen LogP) is 2.35. The lowest BCUT2D eigenvalue weighted by Gasteiger charge is -2.05. The Morgan fingerprint density at radius 2 is 1.74 bits per heavy atom. The van der Waals surface area contributed by atoms with Crippen molar-refractivity contribution >= 4 is 27.7 Å². The minimum absolute atomic E-state index is 0.00750. The molecule has 94 valence electrons. The fraction of sp³-hybridized carbons (Fsp3) is 0. The van der Waals surface area contributed by atoms with Crippen LogP contribution < -0.4 is 5.63 Å². The van der Waals surface area contributed by atoms with E-state index >= 15 is 0 Å². The largest absolute Gasteiger partial charge is 0.504 e. The number of hydrogen-bond donors (Lipinski definition) is 2. The summed E-state index contributed by atoms with van der Waals surface area (Å²) in [4.78, 5) is 23.1. The summed E-state index contributed by atoms with van der Waals surface area (Å²) in [7, 11) is 0. The smallest absolute Gasteiger partial charge is 0.345 e. The average molecular weight is 256 g/mol. The highest BCUT2D eigenvalue weighted by Gasteiger charge is 2.16. The molecule has 0 atom stereocenters. The van der Waals surface area contributed by atoms with Crippen molar-refractivity contribution < 1.29 is 19.4 Å². The number of rotatable bonds is 1. The summed E-state index contributed by atoms with van der Waals surface area (Å²) in [5, 5.41) is 19.7. The Morgan fingerprint density at radius 3 is 2.47 bits per heavy atom. The molecule has 5 heteroatoms. The summed E-state index contributed by atoms with van der Waals surface area (Å²) in [6.45, 7) is 0. The van der Waals surface area contributed by atoms with Gasteiger partial charge in [0, 0.05) is 10.8 Å². The van der Waals surface area contributed by atoms with E-state index in [-0.39, 0.29) is 22.3 Å². The molecule has 2 N–H and O–H groups in total. The van der Waals surface area contributed by atoms with Gasteiger partial charge in [0.2, 0.25) is 0 Å². The van der Waals surface area contributed by atoms with Crippen molar-refractivity contribution in [2.45, 2.75) is 0 Å². The monoisotopic (exact) mass is 256 g/mol. The molecule has 1 aromatic heterocycles. The molecule has 0 spiro atoms. The first-order valence-corrected chi connectivity index (χ1v) is 5.50. The van der Waals surface area contributed by atoms with Crippen LogP contribution in [0.15, 0.2) is 45.6 Å². The van der Waals surface area contributed by atoms with Gasteiger partial charge in [-0.15, -0.1) is 0 Å². The molecule has 3 aromatic rings. The van der Waals surface area contributed by atoms with Crippen molar-refractivity contribution in [1.29, 1.82) is 0 Å². The maximum atomic E-state index is 11.9. The van der Waals surface area contributed by atoms with E-state index in [4.69, 9.17) is 9.52 Å². The zero-order chi connectivity index (χ0) is 13.6. The summed E-state index contributed by atoms with van der Waals surface area (Å²) in [6.07, 6.45) is 0. The average Bonchev–Trinajstić information content (AvgIpc) is 2.39. The van der Waals surface area contributed by atoms with Gasteiger partial charge in [0.05, 0.1) is 10.9 Å². The highest BCUT2D eigenvalue weighted by atomic mass is 16.4. The number of phenols is 1. The second-order valence-corrected chi connectivity index (χ2v) is 4.08. The van der Waals surface area contributed by atoms with Gasteiger partial charge in [0.25, 0.3) is 0 Å². The topological polar surface area (TPSA) is 87.7 Å². The Bertz CT molecular complexity index is 876. The number of carbonyl (C=O) groups is 1. The molecule has 0 fully saturated rings. The first-order valence-electron chi connectivity index (χ1n) is 5.50. The third-order valence-electron chi connectivity index (χ3n) is 2.98. The Labute approximate surface area is 106 Å². The maximum Gasteiger partial charge on any atom is 0.345 e. The van der Waals surface area contributed by atoms with Gasteiger partial charge in [-0.3, -0.25) is 0 Å². The molecule has 2 aromatic carbocycles. The van der Waals surface area contributed by atoms with E-state index in [2.05, 4.69) is 0 Å². The van der Waals surface area contributed by atoms with E-state index in [1.807, 2.05) is 0 Å². The molecule has 1 heterocycles. The van der Waals surface area contributed by atoms with Gasteiger partial charge >= 0.3 is 11.6 Å². The second kappa shape index (κ2) is 3.84. The van der Waals surface area contributed by atoms with Crippen LogP contribution in [0.2, 0.25) is 0 Å². The molecule has 0 unspecified atom stereocenters. The minimum atomic E-state index is -1.20. The Kier molecular flexibility index (Phi) is 2.28. The number of hydrogen-bond acceptors (Lipinski definition) is 4. The van der Waals surface area contributed by atoms with Crippen molar-refractivity contribution in [3.63, 3.8) is 0 Å². The molecular formula is C14H8O5. The molecule has 0 radical (unpaired) electrons. The summed E-state index contributed by atoms with van der Waals surface area (Å²) < 4.78 is 5.03. The Balaban J connectivity index is 2.65. The number of para-hydroxylation sites is 1. The molecule has 0 aliphatic carbocycles. The predicted molar refractivity (Wildman–Crippen MR) is 68.6 cm³/mol. The van der Waals surface area contributed by atoms with Crippen molar-refractivity contribution in [2.24, 2.45) is 0 Å². The summed E-state index contributed by atoms with van der Waals surface area (Å²) in [6, 6.07) is 9.18. The van der Waals surface area contributed by atoms with Gasteiger partial charge in [-0.05, 0) is 12.1 Å². The molecule has 0 saturated heterocycles. The van der Waals surface area contributed by atoms with E-state index in [9.17, 15) is 14.7 Å². The van der Waals surface area contributed by atoms with Gasteiger partial charge in [0.15, 0.2) is 11.3 Å². The lowest BCUT2D eigenvalue weighted by molar-refractivity contribution is 0.0699. The molecule has 0 bridgehead atoms. The fourth-order valence-corrected chi connectivity index (χ4v) is 2.16. The molecule has 5 nitrogen and oxygen atoms in total. The number of phenolic OH excluding ortho intramolecular Hbond substituents is 1. The number of carboxylic acids is 1. The SMILES string of the molecule is O=C(O)c1cccc2c1c(=O)oc1c(O)cccc12. The first kappa shape index (κ1) is 11.3. The summed E-state index contributed by atoms with van der Waals surface area (Å²) in [5.74, 6) is -1.35. The number of aromatic carboxylic acids is 1. The second-order valence-electron chi connectivity index (χ2n) is 4.08. The molecule has 3 rings (SSSR count).